The van der Waals surface area contributed by atoms with Gasteiger partial charge in [0.2, 0.25) is 11.7 Å². The SMILES string of the molecule is Cc1ccc(-c2noc(CCN(Cc3ccccc3)CC(O)COCc3ccco3)n2)cc1Cl. The zero-order chi connectivity index (χ0) is 23.8. The molecule has 0 saturated carbocycles. The molecule has 0 radical (unpaired) electrons. The van der Waals surface area contributed by atoms with Crippen LogP contribution in [0.1, 0.15) is 22.8 Å². The highest BCUT2D eigenvalue weighted by atomic mass is 35.5. The highest BCUT2D eigenvalue weighted by Crippen LogP contribution is 2.23. The Bertz CT molecular complexity index is 1150. The number of ether oxygens (including phenoxy) is 1. The van der Waals surface area contributed by atoms with Crippen molar-refractivity contribution in [3.05, 3.63) is 94.7 Å². The molecule has 0 aliphatic carbocycles. The molecule has 178 valence electrons. The topological polar surface area (TPSA) is 84.8 Å². The van der Waals surface area contributed by atoms with E-state index < -0.39 is 6.10 Å². The lowest BCUT2D eigenvalue weighted by Gasteiger charge is -2.24. The van der Waals surface area contributed by atoms with E-state index in [4.69, 9.17) is 25.3 Å². The quantitative estimate of drug-likeness (QED) is 0.307. The second-order valence-electron chi connectivity index (χ2n) is 8.19. The van der Waals surface area contributed by atoms with Gasteiger partial charge in [-0.15, -0.1) is 0 Å². The van der Waals surface area contributed by atoms with Crippen LogP contribution in [0.2, 0.25) is 5.02 Å². The monoisotopic (exact) mass is 481 g/mol. The van der Waals surface area contributed by atoms with Gasteiger partial charge in [-0.1, -0.05) is 59.2 Å². The van der Waals surface area contributed by atoms with E-state index in [1.807, 2.05) is 55.5 Å². The van der Waals surface area contributed by atoms with E-state index in [-0.39, 0.29) is 6.61 Å². The van der Waals surface area contributed by atoms with E-state index in [2.05, 4.69) is 27.2 Å². The maximum atomic E-state index is 10.6. The van der Waals surface area contributed by atoms with Crippen LogP contribution in [0.3, 0.4) is 0 Å². The van der Waals surface area contributed by atoms with Crippen molar-refractivity contribution in [2.75, 3.05) is 19.7 Å². The molecule has 0 saturated heterocycles. The molecule has 4 aromatic rings. The second kappa shape index (κ2) is 11.9. The van der Waals surface area contributed by atoms with Gasteiger partial charge in [-0.3, -0.25) is 4.90 Å². The number of aryl methyl sites for hydroxylation is 1. The van der Waals surface area contributed by atoms with Gasteiger partial charge >= 0.3 is 0 Å². The summed E-state index contributed by atoms with van der Waals surface area (Å²) in [6.07, 6.45) is 1.51. The molecule has 0 bridgehead atoms. The fourth-order valence-electron chi connectivity index (χ4n) is 3.58. The molecule has 0 aliphatic rings. The molecule has 7 nitrogen and oxygen atoms in total. The highest BCUT2D eigenvalue weighted by Gasteiger charge is 2.16. The van der Waals surface area contributed by atoms with Crippen LogP contribution in [0.5, 0.6) is 0 Å². The van der Waals surface area contributed by atoms with Gasteiger partial charge in [0.15, 0.2) is 0 Å². The largest absolute Gasteiger partial charge is 0.467 e. The average molecular weight is 482 g/mol. The zero-order valence-corrected chi connectivity index (χ0v) is 19.8. The van der Waals surface area contributed by atoms with Crippen molar-refractivity contribution in [1.29, 1.82) is 0 Å². The predicted octanol–water partition coefficient (Wildman–Crippen LogP) is 4.91. The van der Waals surface area contributed by atoms with Crippen molar-refractivity contribution in [3.63, 3.8) is 0 Å². The van der Waals surface area contributed by atoms with Crippen molar-refractivity contribution < 1.29 is 18.8 Å². The molecule has 0 spiro atoms. The first-order valence-corrected chi connectivity index (χ1v) is 11.6. The number of furan rings is 1. The van der Waals surface area contributed by atoms with Gasteiger partial charge in [-0.05, 0) is 36.2 Å². The van der Waals surface area contributed by atoms with Gasteiger partial charge in [0.1, 0.15) is 12.4 Å². The van der Waals surface area contributed by atoms with Crippen LogP contribution < -0.4 is 0 Å². The van der Waals surface area contributed by atoms with Crippen LogP contribution in [0.25, 0.3) is 11.4 Å². The van der Waals surface area contributed by atoms with Crippen LogP contribution in [0.4, 0.5) is 0 Å². The number of rotatable bonds is 12. The Kier molecular flexibility index (Phi) is 8.49. The number of benzene rings is 2. The number of nitrogens with zero attached hydrogens (tertiary/aromatic N) is 3. The van der Waals surface area contributed by atoms with E-state index in [0.717, 1.165) is 22.5 Å². The lowest BCUT2D eigenvalue weighted by atomic mass is 10.1. The molecule has 2 aromatic carbocycles. The Morgan fingerprint density at radius 3 is 2.74 bits per heavy atom. The minimum Gasteiger partial charge on any atom is -0.467 e. The van der Waals surface area contributed by atoms with Gasteiger partial charge in [-0.25, -0.2) is 0 Å². The number of aliphatic hydroxyl groups excluding tert-OH is 1. The first-order valence-electron chi connectivity index (χ1n) is 11.2. The van der Waals surface area contributed by atoms with Gasteiger partial charge in [0, 0.05) is 36.6 Å². The molecule has 0 aliphatic heterocycles. The Morgan fingerprint density at radius 1 is 1.12 bits per heavy atom. The summed E-state index contributed by atoms with van der Waals surface area (Å²) in [6, 6.07) is 19.5. The third-order valence-corrected chi connectivity index (χ3v) is 5.80. The molecule has 4 rings (SSSR count). The van der Waals surface area contributed by atoms with Crippen LogP contribution in [0.15, 0.2) is 75.9 Å². The molecule has 0 fully saturated rings. The fourth-order valence-corrected chi connectivity index (χ4v) is 3.76. The molecular weight excluding hydrogens is 454 g/mol. The number of hydrogen-bond acceptors (Lipinski definition) is 7. The van der Waals surface area contributed by atoms with Crippen LogP contribution in [-0.4, -0.2) is 45.9 Å². The minimum atomic E-state index is -0.647. The second-order valence-corrected chi connectivity index (χ2v) is 8.60. The summed E-state index contributed by atoms with van der Waals surface area (Å²) in [5, 5.41) is 15.3. The lowest BCUT2D eigenvalue weighted by molar-refractivity contribution is 0.00375. The van der Waals surface area contributed by atoms with E-state index in [1.54, 1.807) is 6.26 Å². The summed E-state index contributed by atoms with van der Waals surface area (Å²) in [5.74, 6) is 1.78. The van der Waals surface area contributed by atoms with Crippen molar-refractivity contribution in [2.24, 2.45) is 0 Å². The third kappa shape index (κ3) is 7.01. The molecule has 0 amide bonds. The van der Waals surface area contributed by atoms with E-state index in [1.165, 1.54) is 0 Å². The lowest BCUT2D eigenvalue weighted by Crippen LogP contribution is -2.36. The predicted molar refractivity (Wildman–Crippen MR) is 129 cm³/mol. The van der Waals surface area contributed by atoms with E-state index in [0.29, 0.717) is 49.4 Å². The smallest absolute Gasteiger partial charge is 0.228 e. The molecule has 2 heterocycles. The van der Waals surface area contributed by atoms with Crippen molar-refractivity contribution >= 4 is 11.6 Å². The standard InChI is InChI=1S/C26H28ClN3O4/c1-19-9-10-21(14-24(19)27)26-28-25(34-29-26)11-12-30(15-20-6-3-2-4-7-20)16-22(31)17-32-18-23-8-5-13-33-23/h2-10,13-14,22,31H,11-12,15-18H2,1H3. The first kappa shape index (κ1) is 24.2. The zero-order valence-electron chi connectivity index (χ0n) is 19.1. The normalized spacial score (nSPS) is 12.4. The first-order chi connectivity index (χ1) is 16.6. The molecule has 8 heteroatoms. The van der Waals surface area contributed by atoms with Crippen molar-refractivity contribution in [1.82, 2.24) is 15.0 Å². The van der Waals surface area contributed by atoms with Gasteiger partial charge in [0.05, 0.1) is 19.0 Å². The third-order valence-electron chi connectivity index (χ3n) is 5.39. The minimum absolute atomic E-state index is 0.213. The molecule has 1 atom stereocenters. The maximum absolute atomic E-state index is 10.6. The molecule has 1 unspecified atom stereocenters. The van der Waals surface area contributed by atoms with E-state index >= 15 is 0 Å². The van der Waals surface area contributed by atoms with Gasteiger partial charge < -0.3 is 18.8 Å². The Morgan fingerprint density at radius 2 is 1.97 bits per heavy atom. The van der Waals surface area contributed by atoms with E-state index in [9.17, 15) is 5.11 Å². The number of hydrogen-bond donors (Lipinski definition) is 1. The summed E-state index contributed by atoms with van der Waals surface area (Å²) in [7, 11) is 0. The Hall–Kier alpha value is -2.97. The van der Waals surface area contributed by atoms with Crippen LogP contribution in [0, 0.1) is 6.92 Å². The van der Waals surface area contributed by atoms with Crippen molar-refractivity contribution in [2.45, 2.75) is 32.6 Å². The summed E-state index contributed by atoms with van der Waals surface area (Å²) in [6.45, 7) is 4.26. The van der Waals surface area contributed by atoms with Crippen molar-refractivity contribution in [3.8, 4) is 11.4 Å². The molecule has 1 N–H and O–H groups in total. The average Bonchev–Trinajstić information content (AvgIpc) is 3.52. The fraction of sp³-hybridized carbons (Fsp3) is 0.308. The number of aromatic nitrogens is 2. The molecule has 2 aromatic heterocycles. The van der Waals surface area contributed by atoms with Gasteiger partial charge in [0.25, 0.3) is 0 Å². The summed E-state index contributed by atoms with van der Waals surface area (Å²) < 4.78 is 16.3. The Labute approximate surface area is 203 Å². The maximum Gasteiger partial charge on any atom is 0.228 e. The van der Waals surface area contributed by atoms with Crippen LogP contribution in [-0.2, 0) is 24.3 Å². The summed E-state index contributed by atoms with van der Waals surface area (Å²) in [4.78, 5) is 6.68. The van der Waals surface area contributed by atoms with Gasteiger partial charge in [-0.2, -0.15) is 4.98 Å². The summed E-state index contributed by atoms with van der Waals surface area (Å²) in [5.41, 5.74) is 2.97. The van der Waals surface area contributed by atoms with Crippen LogP contribution >= 0.6 is 11.6 Å². The number of halogens is 1. The molecular formula is C26H28ClN3O4. The molecule has 34 heavy (non-hydrogen) atoms. The Balaban J connectivity index is 1.35. The summed E-state index contributed by atoms with van der Waals surface area (Å²) >= 11 is 6.23. The highest BCUT2D eigenvalue weighted by molar-refractivity contribution is 6.31. The number of aliphatic hydroxyl groups is 1.